The van der Waals surface area contributed by atoms with Gasteiger partial charge in [0.1, 0.15) is 18.1 Å². The summed E-state index contributed by atoms with van der Waals surface area (Å²) in [5, 5.41) is 15.8. The van der Waals surface area contributed by atoms with Gasteiger partial charge in [-0.3, -0.25) is 0 Å². The van der Waals surface area contributed by atoms with E-state index < -0.39 is 5.69 Å². The van der Waals surface area contributed by atoms with E-state index in [9.17, 15) is 4.79 Å². The van der Waals surface area contributed by atoms with E-state index >= 15 is 0 Å². The van der Waals surface area contributed by atoms with Gasteiger partial charge in [0.05, 0.1) is 1.37 Å². The van der Waals surface area contributed by atoms with Gasteiger partial charge >= 0.3 is 5.69 Å². The molecule has 3 rings (SSSR count). The monoisotopic (exact) mass is 303 g/mol. The molecule has 2 aromatic heterocycles. The molecule has 0 saturated carbocycles. The quantitative estimate of drug-likeness (QED) is 0.672. The van der Waals surface area contributed by atoms with Gasteiger partial charge in [-0.25, -0.2) is 4.79 Å². The van der Waals surface area contributed by atoms with Crippen molar-refractivity contribution in [3.05, 3.63) is 46.0 Å². The summed E-state index contributed by atoms with van der Waals surface area (Å²) in [6.07, 6.45) is 0. The molecule has 0 saturated heterocycles. The van der Waals surface area contributed by atoms with Crippen molar-refractivity contribution < 1.29 is 6.11 Å². The molecule has 0 atom stereocenters. The lowest BCUT2D eigenvalue weighted by Crippen LogP contribution is -2.23. The summed E-state index contributed by atoms with van der Waals surface area (Å²) in [5.74, 6) is 0.921. The normalized spacial score (nSPS) is 11.5. The summed E-state index contributed by atoms with van der Waals surface area (Å²) in [5.41, 5.74) is 0.894. The van der Waals surface area contributed by atoms with Crippen LogP contribution >= 0.6 is 0 Å². The Morgan fingerprint density at radius 3 is 2.77 bits per heavy atom. The van der Waals surface area contributed by atoms with Gasteiger partial charge in [-0.2, -0.15) is 14.6 Å². The van der Waals surface area contributed by atoms with E-state index in [1.807, 2.05) is 6.92 Å². The molecule has 0 aliphatic carbocycles. The van der Waals surface area contributed by atoms with Crippen molar-refractivity contribution >= 4 is 0 Å². The number of nitrogens with zero attached hydrogens (tertiary/aromatic N) is 7. The lowest BCUT2D eigenvalue weighted by Gasteiger charge is -2.07. The van der Waals surface area contributed by atoms with Crippen LogP contribution in [-0.2, 0) is 20.7 Å². The first kappa shape index (κ1) is 12.7. The molecule has 0 unspecified atom stereocenters. The molecule has 0 aliphatic rings. The van der Waals surface area contributed by atoms with Crippen LogP contribution in [0.4, 0.5) is 0 Å². The summed E-state index contributed by atoms with van der Waals surface area (Å²) < 4.78 is 15.5. The highest BCUT2D eigenvalue weighted by molar-refractivity contribution is 5.32. The zero-order chi connectivity index (χ0) is 16.6. The molecule has 0 spiro atoms. The average molecular weight is 303 g/mol. The van der Waals surface area contributed by atoms with Crippen LogP contribution in [0.15, 0.2) is 29.0 Å². The van der Waals surface area contributed by atoms with E-state index in [0.29, 0.717) is 17.5 Å². The highest BCUT2D eigenvalue weighted by Crippen LogP contribution is 2.18. The maximum absolute atomic E-state index is 12.0. The average Bonchev–Trinajstić information content (AvgIpc) is 3.02. The molecular weight excluding hydrogens is 286 g/mol. The van der Waals surface area contributed by atoms with Crippen molar-refractivity contribution in [3.63, 3.8) is 0 Å². The van der Waals surface area contributed by atoms with Crippen LogP contribution in [0.25, 0.3) is 5.82 Å². The van der Waals surface area contributed by atoms with Gasteiger partial charge in [0.15, 0.2) is 0 Å². The number of para-hydroxylation sites is 1. The Hall–Kier alpha value is -2.97. The van der Waals surface area contributed by atoms with Crippen LogP contribution < -0.4 is 10.4 Å². The number of rotatable bonds is 4. The van der Waals surface area contributed by atoms with Crippen molar-refractivity contribution in [2.45, 2.75) is 13.5 Å². The first-order valence-corrected chi connectivity index (χ1v) is 6.55. The third-order valence-corrected chi connectivity index (χ3v) is 3.07. The van der Waals surface area contributed by atoms with Gasteiger partial charge in [-0.1, -0.05) is 18.2 Å². The zero-order valence-electron chi connectivity index (χ0n) is 13.4. The predicted molar refractivity (Wildman–Crippen MR) is 76.7 cm³/mol. The predicted octanol–water partition coefficient (Wildman–Crippen LogP) is -0.0181. The van der Waals surface area contributed by atoms with E-state index in [0.717, 1.165) is 14.9 Å². The van der Waals surface area contributed by atoms with Crippen LogP contribution in [0, 0.1) is 6.92 Å². The van der Waals surface area contributed by atoms with E-state index in [1.165, 1.54) is 11.8 Å². The Balaban J connectivity index is 1.89. The third kappa shape index (κ3) is 2.48. The minimum Gasteiger partial charge on any atom is -0.487 e. The molecule has 0 radical (unpaired) electrons. The SMILES string of the molecule is [3H]c1ccc(OCc2nn(C)nc2-n2nnn(C)c2=O)c(C)c1. The molecular formula is C13H15N7O2. The fourth-order valence-corrected chi connectivity index (χ4v) is 1.95. The minimum atomic E-state index is -0.415. The van der Waals surface area contributed by atoms with E-state index in [2.05, 4.69) is 20.6 Å². The molecule has 9 heteroatoms. The minimum absolute atomic E-state index is 0.115. The lowest BCUT2D eigenvalue weighted by molar-refractivity contribution is 0.297. The number of benzene rings is 1. The molecule has 0 fully saturated rings. The maximum Gasteiger partial charge on any atom is 0.369 e. The molecule has 0 N–H and O–H groups in total. The zero-order valence-corrected chi connectivity index (χ0v) is 12.4. The largest absolute Gasteiger partial charge is 0.487 e. The van der Waals surface area contributed by atoms with Gasteiger partial charge < -0.3 is 4.74 Å². The number of hydrogen-bond donors (Lipinski definition) is 0. The maximum atomic E-state index is 12.0. The Morgan fingerprint density at radius 2 is 2.09 bits per heavy atom. The molecule has 0 bridgehead atoms. The smallest absolute Gasteiger partial charge is 0.369 e. The van der Waals surface area contributed by atoms with Gasteiger partial charge in [0, 0.05) is 14.1 Å². The lowest BCUT2D eigenvalue weighted by atomic mass is 10.2. The second kappa shape index (κ2) is 5.43. The number of hydrogen-bond acceptors (Lipinski definition) is 6. The molecule has 1 aromatic carbocycles. The molecule has 0 amide bonds. The second-order valence-electron chi connectivity index (χ2n) is 4.74. The highest BCUT2D eigenvalue weighted by Gasteiger charge is 2.17. The fourth-order valence-electron chi connectivity index (χ4n) is 1.95. The van der Waals surface area contributed by atoms with Crippen LogP contribution in [0.1, 0.15) is 12.6 Å². The molecule has 3 aromatic rings. The molecule has 22 heavy (non-hydrogen) atoms. The Morgan fingerprint density at radius 1 is 1.27 bits per heavy atom. The highest BCUT2D eigenvalue weighted by atomic mass is 16.5. The van der Waals surface area contributed by atoms with Gasteiger partial charge in [-0.15, -0.1) is 9.78 Å². The Bertz CT molecular complexity index is 911. The number of aryl methyl sites for hydroxylation is 3. The molecule has 9 nitrogen and oxygen atoms in total. The summed E-state index contributed by atoms with van der Waals surface area (Å²) in [6, 6.07) is 5.50. The number of aromatic nitrogens is 7. The van der Waals surface area contributed by atoms with Crippen LogP contribution in [0.3, 0.4) is 0 Å². The second-order valence-corrected chi connectivity index (χ2v) is 4.74. The van der Waals surface area contributed by atoms with Crippen LogP contribution in [0.5, 0.6) is 5.75 Å². The van der Waals surface area contributed by atoms with Crippen molar-refractivity contribution in [3.8, 4) is 11.6 Å². The van der Waals surface area contributed by atoms with Crippen molar-refractivity contribution in [2.24, 2.45) is 14.1 Å². The Labute approximate surface area is 127 Å². The van der Waals surface area contributed by atoms with Crippen molar-refractivity contribution in [1.29, 1.82) is 0 Å². The summed E-state index contributed by atoms with van der Waals surface area (Å²) >= 11 is 0. The van der Waals surface area contributed by atoms with Gasteiger partial charge in [0.2, 0.25) is 5.82 Å². The van der Waals surface area contributed by atoms with E-state index in [-0.39, 0.29) is 12.4 Å². The van der Waals surface area contributed by atoms with Crippen LogP contribution in [0.2, 0.25) is 0 Å². The third-order valence-electron chi connectivity index (χ3n) is 3.07. The van der Waals surface area contributed by atoms with Crippen molar-refractivity contribution in [2.75, 3.05) is 0 Å². The number of ether oxygens (including phenoxy) is 1. The first-order chi connectivity index (χ1) is 11.0. The van der Waals surface area contributed by atoms with Gasteiger partial charge in [-0.05, 0) is 29.0 Å². The first-order valence-electron chi connectivity index (χ1n) is 7.05. The van der Waals surface area contributed by atoms with Gasteiger partial charge in [0.25, 0.3) is 0 Å². The van der Waals surface area contributed by atoms with Crippen molar-refractivity contribution in [1.82, 2.24) is 34.8 Å². The molecule has 2 heterocycles. The number of tetrazole rings is 1. The standard InChI is InChI=1S/C13H15N7O2/c1-9-6-4-5-7-11(9)22-8-10-12(15-19(3)14-10)20-13(21)18(2)16-17-20/h4-7H,8H2,1-3H3/i4T. The summed E-state index contributed by atoms with van der Waals surface area (Å²) in [7, 11) is 3.15. The topological polar surface area (TPSA) is 92.7 Å². The van der Waals surface area contributed by atoms with E-state index in [1.54, 1.807) is 25.2 Å². The molecule has 0 aliphatic heterocycles. The summed E-state index contributed by atoms with van der Waals surface area (Å²) in [4.78, 5) is 13.3. The summed E-state index contributed by atoms with van der Waals surface area (Å²) in [6.45, 7) is 1.97. The van der Waals surface area contributed by atoms with E-state index in [4.69, 9.17) is 6.11 Å². The Kier molecular flexibility index (Phi) is 3.15. The fraction of sp³-hybridized carbons (Fsp3) is 0.308. The van der Waals surface area contributed by atoms with Crippen LogP contribution in [-0.4, -0.2) is 34.8 Å². The molecule has 114 valence electrons.